The van der Waals surface area contributed by atoms with Crippen molar-refractivity contribution in [3.05, 3.63) is 41.6 Å². The van der Waals surface area contributed by atoms with Crippen molar-refractivity contribution in [1.29, 1.82) is 0 Å². The number of aromatic nitrogens is 5. The van der Waals surface area contributed by atoms with E-state index in [9.17, 15) is 0 Å². The van der Waals surface area contributed by atoms with Gasteiger partial charge in [0.1, 0.15) is 11.6 Å². The number of nitrogens with one attached hydrogen (secondary N) is 2. The highest BCUT2D eigenvalue weighted by molar-refractivity contribution is 5.71. The molecular weight excluding hydrogens is 412 g/mol. The fourth-order valence-electron chi connectivity index (χ4n) is 5.53. The van der Waals surface area contributed by atoms with Gasteiger partial charge in [-0.3, -0.25) is 0 Å². The number of piperazine rings is 1. The molecule has 0 spiro atoms. The van der Waals surface area contributed by atoms with E-state index in [-0.39, 0.29) is 0 Å². The van der Waals surface area contributed by atoms with Gasteiger partial charge in [-0.15, -0.1) is 0 Å². The summed E-state index contributed by atoms with van der Waals surface area (Å²) in [6, 6.07) is 4.13. The summed E-state index contributed by atoms with van der Waals surface area (Å²) in [6.07, 6.45) is 11.0. The predicted molar refractivity (Wildman–Crippen MR) is 130 cm³/mol. The highest BCUT2D eigenvalue weighted by Gasteiger charge is 2.30. The molecule has 3 aromatic heterocycles. The summed E-state index contributed by atoms with van der Waals surface area (Å²) in [4.78, 5) is 21.5. The van der Waals surface area contributed by atoms with Gasteiger partial charge in [0.05, 0.1) is 29.0 Å². The van der Waals surface area contributed by atoms with E-state index in [1.807, 2.05) is 18.5 Å². The number of nitrogens with zero attached hydrogens (tertiary/aromatic N) is 6. The maximum absolute atomic E-state index is 4.99. The Morgan fingerprint density at radius 2 is 1.91 bits per heavy atom. The minimum absolute atomic E-state index is 0.593. The molecule has 172 valence electrons. The molecule has 1 saturated carbocycles. The van der Waals surface area contributed by atoms with Crippen molar-refractivity contribution in [2.45, 2.75) is 52.0 Å². The fraction of sp³-hybridized carbons (Fsp3) is 0.520. The van der Waals surface area contributed by atoms with Crippen molar-refractivity contribution in [3.63, 3.8) is 0 Å². The molecule has 0 aromatic carbocycles. The first-order valence-electron chi connectivity index (χ1n) is 12.4. The molecule has 0 bridgehead atoms. The molecule has 2 N–H and O–H groups in total. The second-order valence-electron chi connectivity index (χ2n) is 9.45. The van der Waals surface area contributed by atoms with Crippen LogP contribution in [-0.2, 0) is 19.4 Å². The van der Waals surface area contributed by atoms with Gasteiger partial charge in [-0.05, 0) is 30.9 Å². The topological polar surface area (TPSA) is 83.8 Å². The smallest absolute Gasteiger partial charge is 0.228 e. The number of hydrogen-bond acceptors (Lipinski definition) is 7. The van der Waals surface area contributed by atoms with Gasteiger partial charge >= 0.3 is 0 Å². The van der Waals surface area contributed by atoms with E-state index >= 15 is 0 Å². The summed E-state index contributed by atoms with van der Waals surface area (Å²) in [7, 11) is 0. The Morgan fingerprint density at radius 1 is 1.06 bits per heavy atom. The van der Waals surface area contributed by atoms with E-state index < -0.39 is 0 Å². The molecule has 33 heavy (non-hydrogen) atoms. The van der Waals surface area contributed by atoms with Gasteiger partial charge in [-0.2, -0.15) is 0 Å². The Hall–Kier alpha value is -3.00. The van der Waals surface area contributed by atoms with Gasteiger partial charge in [-0.25, -0.2) is 19.9 Å². The zero-order chi connectivity index (χ0) is 22.2. The number of fused-ring (bicyclic) bond motifs is 3. The van der Waals surface area contributed by atoms with Crippen LogP contribution < -0.4 is 15.5 Å². The summed E-state index contributed by atoms with van der Waals surface area (Å²) < 4.78 is 2.45. The Labute approximate surface area is 194 Å². The maximum atomic E-state index is 4.99. The number of rotatable bonds is 6. The Bertz CT molecular complexity index is 1120. The summed E-state index contributed by atoms with van der Waals surface area (Å²) in [5.74, 6) is 3.31. The molecule has 3 aromatic rings. The third-order valence-corrected chi connectivity index (χ3v) is 7.27. The number of imidazole rings is 1. The molecule has 3 aliphatic rings. The summed E-state index contributed by atoms with van der Waals surface area (Å²) in [5.41, 5.74) is 5.73. The molecule has 1 aliphatic heterocycles. The third kappa shape index (κ3) is 3.97. The molecule has 6 rings (SSSR count). The van der Waals surface area contributed by atoms with Crippen molar-refractivity contribution < 1.29 is 0 Å². The van der Waals surface area contributed by atoms with Crippen molar-refractivity contribution in [2.75, 3.05) is 36.4 Å². The van der Waals surface area contributed by atoms with Gasteiger partial charge in [0.15, 0.2) is 0 Å². The van der Waals surface area contributed by atoms with Gasteiger partial charge in [0, 0.05) is 57.3 Å². The lowest BCUT2D eigenvalue weighted by molar-refractivity contribution is 0.450. The summed E-state index contributed by atoms with van der Waals surface area (Å²) in [5, 5.41) is 6.70. The second kappa shape index (κ2) is 8.74. The first-order chi connectivity index (χ1) is 16.3. The monoisotopic (exact) mass is 444 g/mol. The molecular formula is C25H32N8. The molecule has 8 nitrogen and oxygen atoms in total. The van der Waals surface area contributed by atoms with E-state index in [0.717, 1.165) is 74.4 Å². The molecule has 0 atom stereocenters. The normalized spacial score (nSPS) is 17.9. The Morgan fingerprint density at radius 3 is 2.67 bits per heavy atom. The van der Waals surface area contributed by atoms with Crippen LogP contribution in [0, 0.1) is 5.92 Å². The van der Waals surface area contributed by atoms with Crippen LogP contribution in [0.4, 0.5) is 17.5 Å². The third-order valence-electron chi connectivity index (χ3n) is 7.27. The molecule has 0 unspecified atom stereocenters. The fourth-order valence-corrected chi connectivity index (χ4v) is 5.53. The SMILES string of the molecule is CCc1nc2c(n1CC1CCCC1)-c1nc(Nc3ccc(N4CCNCC4)cn3)ncc1C2. The first-order valence-corrected chi connectivity index (χ1v) is 12.4. The second-order valence-corrected chi connectivity index (χ2v) is 9.45. The molecule has 8 heteroatoms. The number of aryl methyl sites for hydroxylation is 1. The van der Waals surface area contributed by atoms with Gasteiger partial charge < -0.3 is 20.1 Å². The van der Waals surface area contributed by atoms with Crippen molar-refractivity contribution in [3.8, 4) is 11.4 Å². The van der Waals surface area contributed by atoms with Crippen LogP contribution in [0.25, 0.3) is 11.4 Å². The van der Waals surface area contributed by atoms with Crippen LogP contribution in [0.5, 0.6) is 0 Å². The van der Waals surface area contributed by atoms with Crippen LogP contribution >= 0.6 is 0 Å². The Balaban J connectivity index is 1.25. The van der Waals surface area contributed by atoms with E-state index in [1.54, 1.807) is 0 Å². The Kier molecular flexibility index (Phi) is 5.46. The van der Waals surface area contributed by atoms with E-state index in [4.69, 9.17) is 9.97 Å². The molecule has 0 radical (unpaired) electrons. The quantitative estimate of drug-likeness (QED) is 0.471. The lowest BCUT2D eigenvalue weighted by Gasteiger charge is -2.29. The molecule has 1 saturated heterocycles. The first kappa shape index (κ1) is 20.6. The van der Waals surface area contributed by atoms with Crippen molar-refractivity contribution >= 4 is 17.5 Å². The predicted octanol–water partition coefficient (Wildman–Crippen LogP) is 3.55. The average Bonchev–Trinajstić information content (AvgIpc) is 3.57. The lowest BCUT2D eigenvalue weighted by atomic mass is 10.1. The zero-order valence-corrected chi connectivity index (χ0v) is 19.3. The maximum Gasteiger partial charge on any atom is 0.228 e. The zero-order valence-electron chi connectivity index (χ0n) is 19.3. The average molecular weight is 445 g/mol. The van der Waals surface area contributed by atoms with E-state index in [2.05, 4.69) is 43.1 Å². The van der Waals surface area contributed by atoms with E-state index in [1.165, 1.54) is 42.8 Å². The molecule has 4 heterocycles. The highest BCUT2D eigenvalue weighted by Crippen LogP contribution is 2.38. The largest absolute Gasteiger partial charge is 0.368 e. The standard InChI is InChI=1S/C25H32N8/c1-2-22-29-20-13-18-14-28-25(31-23(18)24(20)33(22)16-17-5-3-4-6-17)30-21-8-7-19(15-27-21)32-11-9-26-10-12-32/h7-8,14-15,17,26H,2-6,9-13,16H2,1H3,(H,27,28,30,31). The summed E-state index contributed by atoms with van der Waals surface area (Å²) >= 11 is 0. The van der Waals surface area contributed by atoms with Crippen LogP contribution in [-0.4, -0.2) is 50.7 Å². The van der Waals surface area contributed by atoms with Gasteiger partial charge in [-0.1, -0.05) is 19.8 Å². The van der Waals surface area contributed by atoms with Crippen LogP contribution in [0.2, 0.25) is 0 Å². The molecule has 2 aliphatic carbocycles. The number of anilines is 3. The van der Waals surface area contributed by atoms with Crippen LogP contribution in [0.3, 0.4) is 0 Å². The number of pyridine rings is 1. The van der Waals surface area contributed by atoms with Crippen LogP contribution in [0.15, 0.2) is 24.5 Å². The van der Waals surface area contributed by atoms with Crippen molar-refractivity contribution in [1.82, 2.24) is 29.8 Å². The lowest BCUT2D eigenvalue weighted by Crippen LogP contribution is -2.43. The summed E-state index contributed by atoms with van der Waals surface area (Å²) in [6.45, 7) is 7.32. The minimum Gasteiger partial charge on any atom is -0.368 e. The van der Waals surface area contributed by atoms with E-state index in [0.29, 0.717) is 5.95 Å². The minimum atomic E-state index is 0.593. The van der Waals surface area contributed by atoms with Crippen molar-refractivity contribution in [2.24, 2.45) is 5.92 Å². The molecule has 0 amide bonds. The highest BCUT2D eigenvalue weighted by atomic mass is 15.2. The number of hydrogen-bond donors (Lipinski definition) is 2. The van der Waals surface area contributed by atoms with Crippen LogP contribution in [0.1, 0.15) is 49.7 Å². The van der Waals surface area contributed by atoms with Gasteiger partial charge in [0.2, 0.25) is 5.95 Å². The van der Waals surface area contributed by atoms with Gasteiger partial charge in [0.25, 0.3) is 0 Å². The molecule has 2 fully saturated rings.